The van der Waals surface area contributed by atoms with Gasteiger partial charge in [0.05, 0.1) is 0 Å². The van der Waals surface area contributed by atoms with Gasteiger partial charge in [-0.25, -0.2) is 9.97 Å². The van der Waals surface area contributed by atoms with Gasteiger partial charge in [0.1, 0.15) is 5.75 Å². The van der Waals surface area contributed by atoms with Crippen LogP contribution in [0.4, 0.5) is 5.69 Å². The minimum absolute atomic E-state index is 0.0399. The maximum absolute atomic E-state index is 11.3. The molecule has 1 aliphatic heterocycles. The van der Waals surface area contributed by atoms with Crippen LogP contribution in [0.2, 0.25) is 5.15 Å². The van der Waals surface area contributed by atoms with Gasteiger partial charge in [-0.1, -0.05) is 11.6 Å². The molecule has 1 aromatic heterocycles. The first kappa shape index (κ1) is 11.9. The zero-order valence-electron chi connectivity index (χ0n) is 9.89. The Hall–Kier alpha value is -2.14. The minimum Gasteiger partial charge on any atom is -0.436 e. The highest BCUT2D eigenvalue weighted by Crippen LogP contribution is 2.30. The van der Waals surface area contributed by atoms with E-state index >= 15 is 0 Å². The highest BCUT2D eigenvalue weighted by molar-refractivity contribution is 6.30. The second kappa shape index (κ2) is 4.85. The molecule has 0 unspecified atom stereocenters. The second-order valence-electron chi connectivity index (χ2n) is 4.12. The number of ether oxygens (including phenoxy) is 1. The standard InChI is InChI=1S/C13H10ClN3O2/c14-12-13(16-6-5-15-12)19-9-2-3-10-8(7-9)1-4-11(18)17-10/h2-3,5-7H,1,4H2,(H,17,18). The summed E-state index contributed by atoms with van der Waals surface area (Å²) in [7, 11) is 0. The van der Waals surface area contributed by atoms with E-state index in [0.29, 0.717) is 18.6 Å². The van der Waals surface area contributed by atoms with E-state index < -0.39 is 0 Å². The fraction of sp³-hybridized carbons (Fsp3) is 0.154. The molecule has 1 N–H and O–H groups in total. The Morgan fingerprint density at radius 1 is 1.21 bits per heavy atom. The molecule has 0 radical (unpaired) electrons. The molecule has 5 nitrogen and oxygen atoms in total. The maximum atomic E-state index is 11.3. The summed E-state index contributed by atoms with van der Waals surface area (Å²) in [6, 6.07) is 5.45. The number of nitrogens with zero attached hydrogens (tertiary/aromatic N) is 2. The van der Waals surface area contributed by atoms with Crippen LogP contribution in [-0.2, 0) is 11.2 Å². The number of carbonyl (C=O) groups is 1. The highest BCUT2D eigenvalue weighted by atomic mass is 35.5. The van der Waals surface area contributed by atoms with Gasteiger partial charge in [-0.05, 0) is 30.2 Å². The van der Waals surface area contributed by atoms with Gasteiger partial charge in [0, 0.05) is 24.5 Å². The van der Waals surface area contributed by atoms with E-state index in [9.17, 15) is 4.79 Å². The Morgan fingerprint density at radius 3 is 2.89 bits per heavy atom. The maximum Gasteiger partial charge on any atom is 0.257 e. The largest absolute Gasteiger partial charge is 0.436 e. The van der Waals surface area contributed by atoms with Gasteiger partial charge < -0.3 is 10.1 Å². The lowest BCUT2D eigenvalue weighted by atomic mass is 10.0. The Kier molecular flexibility index (Phi) is 3.05. The van der Waals surface area contributed by atoms with E-state index in [0.717, 1.165) is 11.3 Å². The molecule has 0 atom stereocenters. The molecule has 0 saturated heterocycles. The van der Waals surface area contributed by atoms with Crippen molar-refractivity contribution >= 4 is 23.2 Å². The van der Waals surface area contributed by atoms with Crippen LogP contribution in [0.3, 0.4) is 0 Å². The predicted molar refractivity (Wildman–Crippen MR) is 70.5 cm³/mol. The van der Waals surface area contributed by atoms with Gasteiger partial charge in [-0.15, -0.1) is 0 Å². The zero-order chi connectivity index (χ0) is 13.2. The van der Waals surface area contributed by atoms with Crippen molar-refractivity contribution in [3.63, 3.8) is 0 Å². The monoisotopic (exact) mass is 275 g/mol. The van der Waals surface area contributed by atoms with Gasteiger partial charge in [-0.2, -0.15) is 0 Å². The van der Waals surface area contributed by atoms with E-state index in [1.54, 1.807) is 6.07 Å². The Labute approximate surface area is 114 Å². The molecular formula is C13H10ClN3O2. The molecule has 19 heavy (non-hydrogen) atoms. The normalized spacial score (nSPS) is 13.6. The lowest BCUT2D eigenvalue weighted by Gasteiger charge is -2.17. The summed E-state index contributed by atoms with van der Waals surface area (Å²) in [6.45, 7) is 0. The molecule has 0 spiro atoms. The number of amides is 1. The minimum atomic E-state index is 0.0399. The topological polar surface area (TPSA) is 64.1 Å². The lowest BCUT2D eigenvalue weighted by Crippen LogP contribution is -2.18. The number of aromatic nitrogens is 2. The molecule has 3 rings (SSSR count). The van der Waals surface area contributed by atoms with Crippen LogP contribution >= 0.6 is 11.6 Å². The van der Waals surface area contributed by atoms with E-state index in [-0.39, 0.29) is 16.9 Å². The third kappa shape index (κ3) is 2.51. The molecule has 0 saturated carbocycles. The van der Waals surface area contributed by atoms with Crippen molar-refractivity contribution in [2.24, 2.45) is 0 Å². The number of nitrogens with one attached hydrogen (secondary N) is 1. The Bertz CT molecular complexity index is 646. The number of rotatable bonds is 2. The molecule has 2 heterocycles. The molecule has 0 fully saturated rings. The fourth-order valence-corrected chi connectivity index (χ4v) is 2.06. The third-order valence-electron chi connectivity index (χ3n) is 2.81. The number of aryl methyl sites for hydroxylation is 1. The van der Waals surface area contributed by atoms with E-state index in [4.69, 9.17) is 16.3 Å². The van der Waals surface area contributed by atoms with Crippen molar-refractivity contribution in [2.75, 3.05) is 5.32 Å². The second-order valence-corrected chi connectivity index (χ2v) is 4.48. The molecule has 2 aromatic rings. The highest BCUT2D eigenvalue weighted by Gasteiger charge is 2.15. The van der Waals surface area contributed by atoms with Crippen molar-refractivity contribution in [3.8, 4) is 11.6 Å². The van der Waals surface area contributed by atoms with Crippen LogP contribution in [0.1, 0.15) is 12.0 Å². The summed E-state index contributed by atoms with van der Waals surface area (Å²) in [4.78, 5) is 19.2. The summed E-state index contributed by atoms with van der Waals surface area (Å²) < 4.78 is 5.58. The summed E-state index contributed by atoms with van der Waals surface area (Å²) in [6.07, 6.45) is 4.20. The third-order valence-corrected chi connectivity index (χ3v) is 3.07. The average Bonchev–Trinajstić information content (AvgIpc) is 2.41. The zero-order valence-corrected chi connectivity index (χ0v) is 10.6. The van der Waals surface area contributed by atoms with E-state index in [2.05, 4.69) is 15.3 Å². The van der Waals surface area contributed by atoms with Crippen molar-refractivity contribution < 1.29 is 9.53 Å². The Morgan fingerprint density at radius 2 is 2.05 bits per heavy atom. The van der Waals surface area contributed by atoms with Crippen molar-refractivity contribution in [3.05, 3.63) is 41.3 Å². The molecule has 0 bridgehead atoms. The average molecular weight is 276 g/mol. The van der Waals surface area contributed by atoms with Gasteiger partial charge >= 0.3 is 0 Å². The first-order valence-electron chi connectivity index (χ1n) is 5.79. The van der Waals surface area contributed by atoms with Crippen LogP contribution in [-0.4, -0.2) is 15.9 Å². The summed E-state index contributed by atoms with van der Waals surface area (Å²) in [5, 5.41) is 3.03. The lowest BCUT2D eigenvalue weighted by molar-refractivity contribution is -0.116. The van der Waals surface area contributed by atoms with Crippen molar-refractivity contribution in [1.82, 2.24) is 9.97 Å². The quantitative estimate of drug-likeness (QED) is 0.915. The number of fused-ring (bicyclic) bond motifs is 1. The molecule has 1 aliphatic rings. The van der Waals surface area contributed by atoms with E-state index in [1.807, 2.05) is 12.1 Å². The van der Waals surface area contributed by atoms with Crippen LogP contribution in [0.25, 0.3) is 0 Å². The summed E-state index contributed by atoms with van der Waals surface area (Å²) in [5.41, 5.74) is 1.87. The first-order chi connectivity index (χ1) is 9.22. The van der Waals surface area contributed by atoms with E-state index in [1.165, 1.54) is 12.4 Å². The van der Waals surface area contributed by atoms with Gasteiger partial charge in [-0.3, -0.25) is 4.79 Å². The molecule has 1 aromatic carbocycles. The number of anilines is 1. The van der Waals surface area contributed by atoms with Crippen LogP contribution in [0.5, 0.6) is 11.6 Å². The van der Waals surface area contributed by atoms with Crippen LogP contribution < -0.4 is 10.1 Å². The number of carbonyl (C=O) groups excluding carboxylic acids is 1. The SMILES string of the molecule is O=C1CCc2cc(Oc3nccnc3Cl)ccc2N1. The molecule has 96 valence electrons. The van der Waals surface area contributed by atoms with Crippen LogP contribution in [0.15, 0.2) is 30.6 Å². The smallest absolute Gasteiger partial charge is 0.257 e. The van der Waals surface area contributed by atoms with Crippen molar-refractivity contribution in [1.29, 1.82) is 0 Å². The first-order valence-corrected chi connectivity index (χ1v) is 6.17. The summed E-state index contributed by atoms with van der Waals surface area (Å²) >= 11 is 5.88. The van der Waals surface area contributed by atoms with Gasteiger partial charge in [0.2, 0.25) is 5.91 Å². The van der Waals surface area contributed by atoms with Crippen LogP contribution in [0, 0.1) is 0 Å². The van der Waals surface area contributed by atoms with Crippen molar-refractivity contribution in [2.45, 2.75) is 12.8 Å². The van der Waals surface area contributed by atoms with Gasteiger partial charge in [0.25, 0.3) is 5.88 Å². The summed E-state index contributed by atoms with van der Waals surface area (Å²) in [5.74, 6) is 0.930. The fourth-order valence-electron chi connectivity index (χ4n) is 1.91. The number of hydrogen-bond donors (Lipinski definition) is 1. The number of hydrogen-bond acceptors (Lipinski definition) is 4. The Balaban J connectivity index is 1.87. The molecule has 0 aliphatic carbocycles. The van der Waals surface area contributed by atoms with Gasteiger partial charge in [0.15, 0.2) is 5.15 Å². The number of halogens is 1. The number of benzene rings is 1. The molecular weight excluding hydrogens is 266 g/mol. The molecule has 1 amide bonds. The molecule has 6 heteroatoms. The predicted octanol–water partition coefficient (Wildman–Crippen LogP) is 2.81.